The monoisotopic (exact) mass is 295 g/mol. The second kappa shape index (κ2) is 5.06. The number of ether oxygens (including phenoxy) is 3. The first-order chi connectivity index (χ1) is 10.2. The normalized spacial score (nSPS) is 34.5. The van der Waals surface area contributed by atoms with Gasteiger partial charge in [0.2, 0.25) is 0 Å². The predicted octanol–water partition coefficient (Wildman–Crippen LogP) is -1.26. The van der Waals surface area contributed by atoms with Crippen LogP contribution in [0.4, 0.5) is 0 Å². The van der Waals surface area contributed by atoms with E-state index in [9.17, 15) is 9.90 Å². The molecular weight excluding hydrogens is 278 g/mol. The molecule has 0 unspecified atom stereocenters. The van der Waals surface area contributed by atoms with Gasteiger partial charge in [0, 0.05) is 17.7 Å². The van der Waals surface area contributed by atoms with Crippen LogP contribution in [0.5, 0.6) is 0 Å². The molecule has 8 nitrogen and oxygen atoms in total. The third-order valence-corrected chi connectivity index (χ3v) is 4.25. The van der Waals surface area contributed by atoms with E-state index in [1.54, 1.807) is 0 Å². The Labute approximate surface area is 120 Å². The number of aliphatic hydroxyl groups excluding tert-OH is 1. The molecule has 0 radical (unpaired) electrons. The van der Waals surface area contributed by atoms with Crippen LogP contribution in [-0.2, 0) is 27.2 Å². The summed E-state index contributed by atoms with van der Waals surface area (Å²) in [5.74, 6) is -0.266. The Morgan fingerprint density at radius 1 is 1.33 bits per heavy atom. The van der Waals surface area contributed by atoms with E-state index < -0.39 is 6.10 Å². The zero-order valence-corrected chi connectivity index (χ0v) is 11.4. The molecule has 114 valence electrons. The third-order valence-electron chi connectivity index (χ3n) is 4.25. The van der Waals surface area contributed by atoms with E-state index in [0.29, 0.717) is 25.5 Å². The van der Waals surface area contributed by atoms with Gasteiger partial charge in [0.25, 0.3) is 5.91 Å². The number of fused-ring (bicyclic) bond motifs is 2. The first-order valence-corrected chi connectivity index (χ1v) is 7.10. The molecule has 2 saturated heterocycles. The van der Waals surface area contributed by atoms with Crippen LogP contribution in [0, 0.1) is 0 Å². The summed E-state index contributed by atoms with van der Waals surface area (Å²) in [7, 11) is 0. The minimum absolute atomic E-state index is 0.243. The molecule has 8 heteroatoms. The third kappa shape index (κ3) is 2.15. The van der Waals surface area contributed by atoms with E-state index in [4.69, 9.17) is 14.2 Å². The summed E-state index contributed by atoms with van der Waals surface area (Å²) in [5.41, 5.74) is 2.15. The van der Waals surface area contributed by atoms with Crippen molar-refractivity contribution in [2.24, 2.45) is 0 Å². The van der Waals surface area contributed by atoms with E-state index >= 15 is 0 Å². The Morgan fingerprint density at radius 2 is 2.19 bits per heavy atom. The van der Waals surface area contributed by atoms with E-state index in [1.165, 1.54) is 0 Å². The van der Waals surface area contributed by atoms with Gasteiger partial charge in [-0.2, -0.15) is 5.10 Å². The fraction of sp³-hybridized carbons (Fsp3) is 0.692. The molecule has 2 fully saturated rings. The highest BCUT2D eigenvalue weighted by Crippen LogP contribution is 2.27. The average Bonchev–Trinajstić information content (AvgIpc) is 3.16. The molecule has 1 aromatic rings. The molecule has 3 aliphatic heterocycles. The number of H-pyrrole nitrogens is 1. The van der Waals surface area contributed by atoms with Gasteiger partial charge in [0.15, 0.2) is 5.69 Å². The van der Waals surface area contributed by atoms with Crippen molar-refractivity contribution in [2.45, 2.75) is 37.4 Å². The Balaban J connectivity index is 1.48. The number of rotatable bonds is 2. The number of nitrogens with one attached hydrogen (secondary N) is 2. The molecule has 0 bridgehead atoms. The average molecular weight is 295 g/mol. The number of carbonyl (C=O) groups excluding carboxylic acids is 1. The smallest absolute Gasteiger partial charge is 0.272 e. The van der Waals surface area contributed by atoms with Crippen molar-refractivity contribution < 1.29 is 24.1 Å². The number of hydrogen-bond donors (Lipinski definition) is 3. The summed E-state index contributed by atoms with van der Waals surface area (Å²) in [4.78, 5) is 12.4. The number of carbonyl (C=O) groups is 1. The molecule has 0 spiro atoms. The summed E-state index contributed by atoms with van der Waals surface area (Å²) in [6.07, 6.45) is -0.535. The van der Waals surface area contributed by atoms with Crippen LogP contribution in [0.25, 0.3) is 0 Å². The second-order valence-corrected chi connectivity index (χ2v) is 5.58. The van der Waals surface area contributed by atoms with Crippen LogP contribution in [0.3, 0.4) is 0 Å². The highest BCUT2D eigenvalue weighted by Gasteiger charge is 2.47. The van der Waals surface area contributed by atoms with Gasteiger partial charge in [0.1, 0.15) is 18.3 Å². The predicted molar refractivity (Wildman–Crippen MR) is 68.7 cm³/mol. The Bertz CT molecular complexity index is 560. The van der Waals surface area contributed by atoms with Gasteiger partial charge in [-0.15, -0.1) is 0 Å². The molecule has 3 aliphatic rings. The fourth-order valence-corrected chi connectivity index (χ4v) is 3.14. The van der Waals surface area contributed by atoms with Crippen molar-refractivity contribution in [1.29, 1.82) is 0 Å². The minimum atomic E-state index is -0.622. The van der Waals surface area contributed by atoms with E-state index in [0.717, 1.165) is 17.7 Å². The topological polar surface area (TPSA) is 106 Å². The number of amides is 1. The molecule has 21 heavy (non-hydrogen) atoms. The number of aliphatic hydroxyl groups is 1. The van der Waals surface area contributed by atoms with E-state index in [1.807, 2.05) is 0 Å². The lowest BCUT2D eigenvalue weighted by atomic mass is 10.1. The molecule has 3 N–H and O–H groups in total. The van der Waals surface area contributed by atoms with Gasteiger partial charge in [-0.05, 0) is 0 Å². The van der Waals surface area contributed by atoms with E-state index in [-0.39, 0.29) is 30.8 Å². The first kappa shape index (κ1) is 13.2. The molecule has 4 atom stereocenters. The summed E-state index contributed by atoms with van der Waals surface area (Å²) >= 11 is 0. The summed E-state index contributed by atoms with van der Waals surface area (Å²) in [6.45, 7) is 1.62. The fourth-order valence-electron chi connectivity index (χ4n) is 3.14. The molecular formula is C13H17N3O5. The van der Waals surface area contributed by atoms with Crippen LogP contribution < -0.4 is 5.32 Å². The van der Waals surface area contributed by atoms with Gasteiger partial charge in [0.05, 0.1) is 32.5 Å². The summed E-state index contributed by atoms with van der Waals surface area (Å²) in [5, 5.41) is 19.6. The first-order valence-electron chi connectivity index (χ1n) is 7.10. The molecule has 0 saturated carbocycles. The maximum Gasteiger partial charge on any atom is 0.272 e. The van der Waals surface area contributed by atoms with Gasteiger partial charge in [-0.25, -0.2) is 0 Å². The van der Waals surface area contributed by atoms with Crippen LogP contribution in [0.15, 0.2) is 0 Å². The molecule has 0 aromatic carbocycles. The van der Waals surface area contributed by atoms with Crippen LogP contribution in [-0.4, -0.2) is 65.4 Å². The number of aromatic amines is 1. The van der Waals surface area contributed by atoms with Crippen molar-refractivity contribution in [3.63, 3.8) is 0 Å². The van der Waals surface area contributed by atoms with Gasteiger partial charge < -0.3 is 24.6 Å². The van der Waals surface area contributed by atoms with Crippen LogP contribution >= 0.6 is 0 Å². The highest BCUT2D eigenvalue weighted by molar-refractivity contribution is 5.94. The Kier molecular flexibility index (Phi) is 3.18. The Morgan fingerprint density at radius 3 is 3.10 bits per heavy atom. The van der Waals surface area contributed by atoms with Crippen molar-refractivity contribution in [3.05, 3.63) is 17.0 Å². The lowest BCUT2D eigenvalue weighted by molar-refractivity contribution is 0.0178. The standard InChI is InChI=1S/C13H17N3O5/c17-9-5-21-11-8(4-20-12(9)11)14-13(18)10-6-3-19-2-1-7(6)15-16-10/h8-9,11-12,17H,1-5H2,(H,14,18)(H,15,16)/t8-,9-,11-,12-/m1/s1. The minimum Gasteiger partial charge on any atom is -0.388 e. The van der Waals surface area contributed by atoms with Gasteiger partial charge in [-0.3, -0.25) is 9.89 Å². The number of aromatic nitrogens is 2. The van der Waals surface area contributed by atoms with Crippen molar-refractivity contribution >= 4 is 5.91 Å². The number of nitrogens with zero attached hydrogens (tertiary/aromatic N) is 1. The lowest BCUT2D eigenvalue weighted by Crippen LogP contribution is -2.44. The molecule has 4 rings (SSSR count). The number of hydrogen-bond acceptors (Lipinski definition) is 6. The molecule has 0 aliphatic carbocycles. The molecule has 1 amide bonds. The zero-order valence-electron chi connectivity index (χ0n) is 11.4. The summed E-state index contributed by atoms with van der Waals surface area (Å²) < 4.78 is 16.4. The van der Waals surface area contributed by atoms with Crippen molar-refractivity contribution in [1.82, 2.24) is 15.5 Å². The van der Waals surface area contributed by atoms with Crippen molar-refractivity contribution in [3.8, 4) is 0 Å². The van der Waals surface area contributed by atoms with Crippen LogP contribution in [0.2, 0.25) is 0 Å². The molecule has 1 aromatic heterocycles. The van der Waals surface area contributed by atoms with Crippen molar-refractivity contribution in [2.75, 3.05) is 19.8 Å². The second-order valence-electron chi connectivity index (χ2n) is 5.58. The maximum absolute atomic E-state index is 12.4. The zero-order chi connectivity index (χ0) is 14.4. The van der Waals surface area contributed by atoms with E-state index in [2.05, 4.69) is 15.5 Å². The highest BCUT2D eigenvalue weighted by atomic mass is 16.6. The Hall–Kier alpha value is -1.48. The quantitative estimate of drug-likeness (QED) is 0.629. The SMILES string of the molecule is O=C(N[C@@H]1CO[C@H]2[C@@H]1OC[C@H]2O)c1n[nH]c2c1COCC2. The largest absolute Gasteiger partial charge is 0.388 e. The molecule has 4 heterocycles. The maximum atomic E-state index is 12.4. The lowest BCUT2D eigenvalue weighted by Gasteiger charge is -2.17. The summed E-state index contributed by atoms with van der Waals surface area (Å²) in [6, 6.07) is -0.267. The van der Waals surface area contributed by atoms with Gasteiger partial charge >= 0.3 is 0 Å². The van der Waals surface area contributed by atoms with Crippen LogP contribution in [0.1, 0.15) is 21.7 Å². The van der Waals surface area contributed by atoms with Gasteiger partial charge in [-0.1, -0.05) is 0 Å².